The molecule has 1 heterocycles. The van der Waals surface area contributed by atoms with Crippen molar-refractivity contribution in [2.75, 3.05) is 13.2 Å². The van der Waals surface area contributed by atoms with Gasteiger partial charge in [-0.2, -0.15) is 5.26 Å². The molecule has 0 aromatic rings. The maximum atomic E-state index is 10.7. The third kappa shape index (κ3) is 1.18. The lowest BCUT2D eigenvalue weighted by atomic mass is 10.5. The van der Waals surface area contributed by atoms with Crippen molar-refractivity contribution < 1.29 is 9.53 Å². The lowest BCUT2D eigenvalue weighted by Gasteiger charge is -1.99. The van der Waals surface area contributed by atoms with Gasteiger partial charge in [-0.1, -0.05) is 0 Å². The van der Waals surface area contributed by atoms with Gasteiger partial charge >= 0.3 is 6.09 Å². The van der Waals surface area contributed by atoms with Crippen LogP contribution in [0.25, 0.3) is 0 Å². The molecule has 1 aliphatic rings. The molecule has 1 rings (SSSR count). The van der Waals surface area contributed by atoms with Crippen molar-refractivity contribution in [2.45, 2.75) is 13.0 Å². The van der Waals surface area contributed by atoms with Gasteiger partial charge in [0.2, 0.25) is 0 Å². The minimum Gasteiger partial charge on any atom is -0.450 e. The van der Waals surface area contributed by atoms with E-state index in [2.05, 4.69) is 4.74 Å². The molecule has 1 fully saturated rings. The summed E-state index contributed by atoms with van der Waals surface area (Å²) in [6, 6.07) is 1.72. The van der Waals surface area contributed by atoms with Gasteiger partial charge in [-0.25, -0.2) is 4.79 Å². The normalized spacial score (nSPS) is 21.6. The molecule has 10 heavy (non-hydrogen) atoms. The van der Waals surface area contributed by atoms with Gasteiger partial charge in [0.15, 0.2) is 0 Å². The predicted molar refractivity (Wildman–Crippen MR) is 33.1 cm³/mol. The fraction of sp³-hybridized carbons (Fsp3) is 0.667. The summed E-state index contributed by atoms with van der Waals surface area (Å²) in [6.07, 6.45) is -0.381. The van der Waals surface area contributed by atoms with Crippen LogP contribution >= 0.6 is 0 Å². The fourth-order valence-corrected chi connectivity index (χ4v) is 0.658. The van der Waals surface area contributed by atoms with E-state index in [1.54, 1.807) is 6.92 Å². The van der Waals surface area contributed by atoms with Crippen LogP contribution in [0.15, 0.2) is 0 Å². The van der Waals surface area contributed by atoms with E-state index in [1.807, 2.05) is 6.07 Å². The number of hydrogen-bond acceptors (Lipinski definition) is 3. The quantitative estimate of drug-likeness (QED) is 0.494. The Bertz CT molecular complexity index is 185. The molecule has 0 saturated carbocycles. The number of carbonyl (C=O) groups excluding carboxylic acids is 1. The molecule has 0 radical (unpaired) electrons. The molecule has 1 atom stereocenters. The van der Waals surface area contributed by atoms with Gasteiger partial charge in [-0.15, -0.1) is 0 Å². The van der Waals surface area contributed by atoms with E-state index in [0.717, 1.165) is 0 Å². The highest BCUT2D eigenvalue weighted by Gasteiger charge is 2.39. The predicted octanol–water partition coefficient (Wildman–Crippen LogP) is 0.351. The van der Waals surface area contributed by atoms with Gasteiger partial charge < -0.3 is 4.74 Å². The second kappa shape index (κ2) is 2.56. The molecule has 0 N–H and O–H groups in total. The summed E-state index contributed by atoms with van der Waals surface area (Å²) < 4.78 is 4.63. The smallest absolute Gasteiger partial charge is 0.411 e. The Kier molecular flexibility index (Phi) is 1.76. The highest BCUT2D eigenvalue weighted by Crippen LogP contribution is 2.16. The Hall–Kier alpha value is -1.24. The molecule has 1 aliphatic heterocycles. The number of nitrogens with zero attached hydrogens (tertiary/aromatic N) is 2. The summed E-state index contributed by atoms with van der Waals surface area (Å²) in [5.74, 6) is 0. The molecular weight excluding hydrogens is 132 g/mol. The van der Waals surface area contributed by atoms with Crippen LogP contribution in [-0.2, 0) is 4.74 Å². The van der Waals surface area contributed by atoms with Crippen molar-refractivity contribution in [3.63, 3.8) is 0 Å². The van der Waals surface area contributed by atoms with Crippen LogP contribution in [0.2, 0.25) is 0 Å². The van der Waals surface area contributed by atoms with Crippen LogP contribution in [-0.4, -0.2) is 30.2 Å². The molecule has 0 aliphatic carbocycles. The van der Waals surface area contributed by atoms with Crippen molar-refractivity contribution in [2.24, 2.45) is 0 Å². The van der Waals surface area contributed by atoms with Gasteiger partial charge in [0.25, 0.3) is 0 Å². The first-order valence-electron chi connectivity index (χ1n) is 3.12. The van der Waals surface area contributed by atoms with Crippen LogP contribution in [0, 0.1) is 11.3 Å². The average Bonchev–Trinajstić information content (AvgIpc) is 2.66. The summed E-state index contributed by atoms with van der Waals surface area (Å²) in [7, 11) is 0. The van der Waals surface area contributed by atoms with E-state index >= 15 is 0 Å². The average molecular weight is 140 g/mol. The Morgan fingerprint density at radius 3 is 3.10 bits per heavy atom. The first-order valence-corrected chi connectivity index (χ1v) is 3.12. The minimum atomic E-state index is -0.381. The van der Waals surface area contributed by atoms with Crippen LogP contribution in [0.4, 0.5) is 4.79 Å². The van der Waals surface area contributed by atoms with Crippen molar-refractivity contribution in [1.82, 2.24) is 4.90 Å². The zero-order chi connectivity index (χ0) is 7.56. The highest BCUT2D eigenvalue weighted by molar-refractivity contribution is 5.71. The van der Waals surface area contributed by atoms with Gasteiger partial charge in [-0.3, -0.25) is 4.90 Å². The van der Waals surface area contributed by atoms with Crippen molar-refractivity contribution in [3.8, 4) is 6.07 Å². The Labute approximate surface area is 59.0 Å². The number of nitriles is 1. The molecular formula is C6H8N2O2. The lowest BCUT2D eigenvalue weighted by molar-refractivity contribution is 0.136. The highest BCUT2D eigenvalue weighted by atomic mass is 16.6. The molecule has 0 spiro atoms. The van der Waals surface area contributed by atoms with Crippen LogP contribution < -0.4 is 0 Å². The monoisotopic (exact) mass is 140 g/mol. The lowest BCUT2D eigenvalue weighted by Crippen LogP contribution is -2.14. The zero-order valence-electron chi connectivity index (χ0n) is 5.70. The van der Waals surface area contributed by atoms with E-state index in [1.165, 1.54) is 4.90 Å². The second-order valence-electron chi connectivity index (χ2n) is 2.00. The number of hydrogen-bond donors (Lipinski definition) is 0. The first kappa shape index (κ1) is 6.87. The Morgan fingerprint density at radius 2 is 2.70 bits per heavy atom. The molecule has 0 aromatic carbocycles. The first-order chi connectivity index (χ1) is 4.79. The van der Waals surface area contributed by atoms with Crippen LogP contribution in [0.5, 0.6) is 0 Å². The van der Waals surface area contributed by atoms with E-state index < -0.39 is 0 Å². The maximum absolute atomic E-state index is 10.7. The van der Waals surface area contributed by atoms with Crippen molar-refractivity contribution in [3.05, 3.63) is 0 Å². The second-order valence-corrected chi connectivity index (χ2v) is 2.00. The molecule has 0 aromatic heterocycles. The SMILES string of the molecule is CCOC(=O)N1CC1C#N. The molecule has 0 bridgehead atoms. The molecule has 1 saturated heterocycles. The summed E-state index contributed by atoms with van der Waals surface area (Å²) in [4.78, 5) is 12.1. The Morgan fingerprint density at radius 1 is 2.00 bits per heavy atom. The van der Waals surface area contributed by atoms with E-state index in [9.17, 15) is 4.79 Å². The summed E-state index contributed by atoms with van der Waals surface area (Å²) in [5, 5.41) is 8.29. The Balaban J connectivity index is 2.27. The van der Waals surface area contributed by atoms with E-state index in [-0.39, 0.29) is 12.1 Å². The molecule has 54 valence electrons. The van der Waals surface area contributed by atoms with Crippen LogP contribution in [0.3, 0.4) is 0 Å². The third-order valence-electron chi connectivity index (χ3n) is 1.26. The topological polar surface area (TPSA) is 53.1 Å². The number of ether oxygens (including phenoxy) is 1. The van der Waals surface area contributed by atoms with Gasteiger partial charge in [0.05, 0.1) is 19.2 Å². The van der Waals surface area contributed by atoms with Gasteiger partial charge in [0.1, 0.15) is 6.04 Å². The summed E-state index contributed by atoms with van der Waals surface area (Å²) in [5.41, 5.74) is 0. The maximum Gasteiger partial charge on any atom is 0.411 e. The fourth-order valence-electron chi connectivity index (χ4n) is 0.658. The number of carbonyl (C=O) groups is 1. The van der Waals surface area contributed by atoms with Gasteiger partial charge in [-0.05, 0) is 6.92 Å². The molecule has 4 heteroatoms. The molecule has 1 amide bonds. The van der Waals surface area contributed by atoms with Crippen LogP contribution in [0.1, 0.15) is 6.92 Å². The van der Waals surface area contributed by atoms with E-state index in [4.69, 9.17) is 5.26 Å². The molecule has 4 nitrogen and oxygen atoms in total. The molecule has 1 unspecified atom stereocenters. The summed E-state index contributed by atoms with van der Waals surface area (Å²) >= 11 is 0. The van der Waals surface area contributed by atoms with Crippen molar-refractivity contribution in [1.29, 1.82) is 5.26 Å². The van der Waals surface area contributed by atoms with E-state index in [0.29, 0.717) is 13.2 Å². The zero-order valence-corrected chi connectivity index (χ0v) is 5.70. The van der Waals surface area contributed by atoms with Gasteiger partial charge in [0, 0.05) is 0 Å². The third-order valence-corrected chi connectivity index (χ3v) is 1.26. The standard InChI is InChI=1S/C6H8N2O2/c1-2-10-6(9)8-4-5(8)3-7/h5H,2,4H2,1H3. The number of rotatable bonds is 1. The van der Waals surface area contributed by atoms with Crippen molar-refractivity contribution >= 4 is 6.09 Å². The summed E-state index contributed by atoms with van der Waals surface area (Å²) in [6.45, 7) is 2.63. The minimum absolute atomic E-state index is 0.237. The number of amides is 1. The largest absolute Gasteiger partial charge is 0.450 e.